The van der Waals surface area contributed by atoms with Gasteiger partial charge in [-0.05, 0) is 61.0 Å². The lowest BCUT2D eigenvalue weighted by molar-refractivity contribution is -0.142. The lowest BCUT2D eigenvalue weighted by atomic mass is 10.0. The molecule has 9 N–H and O–H groups in total. The number of benzene rings is 1. The molecule has 0 radical (unpaired) electrons. The summed E-state index contributed by atoms with van der Waals surface area (Å²) in [7, 11) is 0. The minimum atomic E-state index is -1.22. The zero-order chi connectivity index (χ0) is 28.7. The zero-order valence-corrected chi connectivity index (χ0v) is 23.1. The Balaban J connectivity index is 3.14. The van der Waals surface area contributed by atoms with Gasteiger partial charge in [0.25, 0.3) is 0 Å². The lowest BCUT2D eigenvalue weighted by Crippen LogP contribution is -2.57. The maximum atomic E-state index is 13.2. The molecule has 0 heterocycles. The van der Waals surface area contributed by atoms with Gasteiger partial charge in [-0.1, -0.05) is 12.1 Å². The van der Waals surface area contributed by atoms with Gasteiger partial charge < -0.3 is 37.6 Å². The van der Waals surface area contributed by atoms with E-state index in [2.05, 4.69) is 16.0 Å². The maximum absolute atomic E-state index is 13.2. The van der Waals surface area contributed by atoms with Crippen LogP contribution < -0.4 is 27.4 Å². The molecule has 0 aromatic heterocycles. The fourth-order valence-electron chi connectivity index (χ4n) is 3.32. The molecule has 0 fully saturated rings. The average Bonchev–Trinajstić information content (AvgIpc) is 2.87. The van der Waals surface area contributed by atoms with Gasteiger partial charge in [-0.2, -0.15) is 23.5 Å². The van der Waals surface area contributed by atoms with Crippen molar-refractivity contribution in [1.29, 1.82) is 0 Å². The van der Waals surface area contributed by atoms with Crippen LogP contribution in [0.3, 0.4) is 0 Å². The van der Waals surface area contributed by atoms with Crippen molar-refractivity contribution < 1.29 is 34.2 Å². The van der Waals surface area contributed by atoms with Crippen LogP contribution in [0, 0.1) is 0 Å². The van der Waals surface area contributed by atoms with Gasteiger partial charge in [0.15, 0.2) is 0 Å². The molecule has 0 bridgehead atoms. The molecule has 0 saturated heterocycles. The number of nitrogens with one attached hydrogen (secondary N) is 3. The normalized spacial score (nSPS) is 14.0. The molecule has 0 aliphatic rings. The Morgan fingerprint density at radius 1 is 0.816 bits per heavy atom. The molecule has 14 heteroatoms. The summed E-state index contributed by atoms with van der Waals surface area (Å²) in [6.45, 7) is 0. The van der Waals surface area contributed by atoms with E-state index in [0.29, 0.717) is 23.5 Å². The molecule has 4 atom stereocenters. The molecule has 4 amide bonds. The van der Waals surface area contributed by atoms with Crippen molar-refractivity contribution in [2.75, 3.05) is 24.0 Å². The number of aliphatic carboxylic acids is 1. The SMILES string of the molecule is CSCCC(N)C(=O)NC(CCC(N)=O)C(=O)NC(Cc1ccc(O)cc1)C(=O)NC(CCSC)C(=O)O. The Hall–Kier alpha value is -2.97. The van der Waals surface area contributed by atoms with E-state index in [1.54, 1.807) is 12.1 Å². The molecular weight excluding hydrogens is 534 g/mol. The van der Waals surface area contributed by atoms with Gasteiger partial charge in [0.05, 0.1) is 6.04 Å². The summed E-state index contributed by atoms with van der Waals surface area (Å²) in [5.74, 6) is -2.86. The minimum absolute atomic E-state index is 0.00818. The number of carboxylic acids is 1. The molecule has 12 nitrogen and oxygen atoms in total. The van der Waals surface area contributed by atoms with Gasteiger partial charge in [0.2, 0.25) is 23.6 Å². The largest absolute Gasteiger partial charge is 0.508 e. The third kappa shape index (κ3) is 12.5. The second-order valence-corrected chi connectivity index (χ2v) is 10.5. The number of nitrogens with two attached hydrogens (primary N) is 2. The van der Waals surface area contributed by atoms with Crippen molar-refractivity contribution in [2.45, 2.75) is 56.3 Å². The van der Waals surface area contributed by atoms with Crippen molar-refractivity contribution in [3.8, 4) is 5.75 Å². The molecular formula is C24H37N5O7S2. The molecule has 1 rings (SSSR count). The van der Waals surface area contributed by atoms with Gasteiger partial charge >= 0.3 is 5.97 Å². The molecule has 0 aliphatic carbocycles. The maximum Gasteiger partial charge on any atom is 0.326 e. The van der Waals surface area contributed by atoms with E-state index in [-0.39, 0.29) is 31.4 Å². The fourth-order valence-corrected chi connectivity index (χ4v) is 4.29. The van der Waals surface area contributed by atoms with Crippen molar-refractivity contribution in [2.24, 2.45) is 11.5 Å². The van der Waals surface area contributed by atoms with Crippen LogP contribution in [0.25, 0.3) is 0 Å². The van der Waals surface area contributed by atoms with Gasteiger partial charge in [0.1, 0.15) is 23.9 Å². The number of carboxylic acid groups (broad SMARTS) is 1. The molecule has 0 saturated carbocycles. The topological polar surface area (TPSA) is 214 Å². The number of primary amides is 1. The molecule has 1 aromatic carbocycles. The number of phenolic OH excluding ortho intramolecular Hbond substituents is 1. The quantitative estimate of drug-likeness (QED) is 0.121. The molecule has 212 valence electrons. The van der Waals surface area contributed by atoms with E-state index in [1.807, 2.05) is 12.5 Å². The Bertz CT molecular complexity index is 949. The van der Waals surface area contributed by atoms with E-state index in [0.717, 1.165) is 0 Å². The standard InChI is InChI=1S/C24H37N5O7S2/c1-37-11-9-16(25)21(32)27-17(7-8-20(26)31)22(33)29-19(13-14-3-5-15(30)6-4-14)23(34)28-18(24(35)36)10-12-38-2/h3-6,16-19,30H,7-13,25H2,1-2H3,(H2,26,31)(H,27,32)(H,28,34)(H,29,33)(H,35,36). The number of hydrogen-bond acceptors (Lipinski definition) is 9. The number of hydrogen-bond donors (Lipinski definition) is 7. The van der Waals surface area contributed by atoms with Crippen LogP contribution in [-0.2, 0) is 30.4 Å². The molecule has 0 spiro atoms. The lowest BCUT2D eigenvalue weighted by Gasteiger charge is -2.25. The highest BCUT2D eigenvalue weighted by molar-refractivity contribution is 7.98. The highest BCUT2D eigenvalue weighted by atomic mass is 32.2. The second-order valence-electron chi connectivity index (χ2n) is 8.57. The van der Waals surface area contributed by atoms with E-state index in [9.17, 15) is 34.2 Å². The van der Waals surface area contributed by atoms with Crippen LogP contribution in [0.4, 0.5) is 0 Å². The van der Waals surface area contributed by atoms with E-state index < -0.39 is 53.8 Å². The first-order valence-corrected chi connectivity index (χ1v) is 14.7. The predicted octanol–water partition coefficient (Wildman–Crippen LogP) is -0.427. The van der Waals surface area contributed by atoms with Crippen molar-refractivity contribution in [3.05, 3.63) is 29.8 Å². The fraction of sp³-hybridized carbons (Fsp3) is 0.542. The van der Waals surface area contributed by atoms with Crippen LogP contribution in [0.5, 0.6) is 5.75 Å². The summed E-state index contributed by atoms with van der Waals surface area (Å²) in [4.78, 5) is 61.9. The summed E-state index contributed by atoms with van der Waals surface area (Å²) in [5.41, 5.74) is 11.7. The van der Waals surface area contributed by atoms with E-state index in [4.69, 9.17) is 11.5 Å². The second kappa shape index (κ2) is 17.5. The number of amides is 4. The van der Waals surface area contributed by atoms with Crippen LogP contribution in [-0.4, -0.2) is 88.0 Å². The third-order valence-electron chi connectivity index (χ3n) is 5.52. The van der Waals surface area contributed by atoms with Gasteiger partial charge in [0, 0.05) is 12.8 Å². The van der Waals surface area contributed by atoms with Gasteiger partial charge in [-0.3, -0.25) is 19.2 Å². The molecule has 4 unspecified atom stereocenters. The summed E-state index contributed by atoms with van der Waals surface area (Å²) in [5, 5.41) is 26.6. The summed E-state index contributed by atoms with van der Waals surface area (Å²) < 4.78 is 0. The van der Waals surface area contributed by atoms with Crippen LogP contribution >= 0.6 is 23.5 Å². The monoisotopic (exact) mass is 571 g/mol. The van der Waals surface area contributed by atoms with Gasteiger partial charge in [-0.25, -0.2) is 4.79 Å². The number of aromatic hydroxyl groups is 1. The predicted molar refractivity (Wildman–Crippen MR) is 148 cm³/mol. The van der Waals surface area contributed by atoms with Crippen LogP contribution in [0.15, 0.2) is 24.3 Å². The summed E-state index contributed by atoms with van der Waals surface area (Å²) in [6, 6.07) is 1.46. The first-order valence-electron chi connectivity index (χ1n) is 11.9. The molecule has 1 aromatic rings. The highest BCUT2D eigenvalue weighted by Crippen LogP contribution is 2.13. The van der Waals surface area contributed by atoms with Crippen molar-refractivity contribution >= 4 is 53.1 Å². The highest BCUT2D eigenvalue weighted by Gasteiger charge is 2.30. The van der Waals surface area contributed by atoms with E-state index >= 15 is 0 Å². The van der Waals surface area contributed by atoms with E-state index in [1.165, 1.54) is 35.7 Å². The Labute approximate surface area is 230 Å². The minimum Gasteiger partial charge on any atom is -0.508 e. The summed E-state index contributed by atoms with van der Waals surface area (Å²) in [6.07, 6.45) is 3.86. The first-order chi connectivity index (χ1) is 18.0. The number of phenols is 1. The first kappa shape index (κ1) is 33.1. The van der Waals surface area contributed by atoms with Crippen LogP contribution in [0.2, 0.25) is 0 Å². The Morgan fingerprint density at radius 3 is 1.89 bits per heavy atom. The summed E-state index contributed by atoms with van der Waals surface area (Å²) >= 11 is 2.93. The van der Waals surface area contributed by atoms with Gasteiger partial charge in [-0.15, -0.1) is 0 Å². The Morgan fingerprint density at radius 2 is 1.34 bits per heavy atom. The smallest absolute Gasteiger partial charge is 0.326 e. The Kier molecular flexibility index (Phi) is 15.2. The number of carbonyl (C=O) groups is 5. The average molecular weight is 572 g/mol. The number of carbonyl (C=O) groups excluding carboxylic acids is 4. The number of thioether (sulfide) groups is 2. The zero-order valence-electron chi connectivity index (χ0n) is 21.5. The van der Waals surface area contributed by atoms with Crippen LogP contribution in [0.1, 0.15) is 31.2 Å². The molecule has 0 aliphatic heterocycles. The third-order valence-corrected chi connectivity index (χ3v) is 6.80. The molecule has 38 heavy (non-hydrogen) atoms. The number of rotatable bonds is 18. The van der Waals surface area contributed by atoms with Crippen molar-refractivity contribution in [3.63, 3.8) is 0 Å². The van der Waals surface area contributed by atoms with Crippen molar-refractivity contribution in [1.82, 2.24) is 16.0 Å².